The Morgan fingerprint density at radius 1 is 1.38 bits per heavy atom. The molecule has 3 heterocycles. The van der Waals surface area contributed by atoms with Gasteiger partial charge in [-0.2, -0.15) is 5.10 Å². The average molecular weight is 352 g/mol. The van der Waals surface area contributed by atoms with E-state index in [-0.39, 0.29) is 11.9 Å². The molecule has 0 radical (unpaired) electrons. The third kappa shape index (κ3) is 2.85. The van der Waals surface area contributed by atoms with Crippen LogP contribution in [0.15, 0.2) is 41.1 Å². The lowest BCUT2D eigenvalue weighted by molar-refractivity contribution is 0.0715. The summed E-state index contributed by atoms with van der Waals surface area (Å²) < 4.78 is 10.7. The predicted molar refractivity (Wildman–Crippen MR) is 94.8 cm³/mol. The molecule has 0 spiro atoms. The molecule has 0 unspecified atom stereocenters. The van der Waals surface area contributed by atoms with Crippen LogP contribution in [0.2, 0.25) is 0 Å². The van der Waals surface area contributed by atoms with Gasteiger partial charge in [0.2, 0.25) is 0 Å². The summed E-state index contributed by atoms with van der Waals surface area (Å²) in [6.07, 6.45) is 3.38. The number of methoxy groups -OCH3 is 1. The first-order chi connectivity index (χ1) is 12.7. The van der Waals surface area contributed by atoms with Gasteiger partial charge >= 0.3 is 0 Å². The summed E-state index contributed by atoms with van der Waals surface area (Å²) in [5.41, 5.74) is 2.91. The van der Waals surface area contributed by atoms with E-state index in [4.69, 9.17) is 9.26 Å². The number of aryl methyl sites for hydroxylation is 1. The van der Waals surface area contributed by atoms with Gasteiger partial charge < -0.3 is 14.2 Å². The van der Waals surface area contributed by atoms with Crippen molar-refractivity contribution in [2.75, 3.05) is 13.7 Å². The zero-order valence-corrected chi connectivity index (χ0v) is 14.7. The predicted octanol–water partition coefficient (Wildman–Crippen LogP) is 3.36. The molecule has 3 aromatic rings. The third-order valence-electron chi connectivity index (χ3n) is 4.72. The highest BCUT2D eigenvalue weighted by atomic mass is 16.5. The molecule has 1 fully saturated rings. The highest BCUT2D eigenvalue weighted by Gasteiger charge is 2.34. The Labute approximate surface area is 150 Å². The van der Waals surface area contributed by atoms with Crippen molar-refractivity contribution < 1.29 is 14.1 Å². The fourth-order valence-corrected chi connectivity index (χ4v) is 3.45. The minimum Gasteiger partial charge on any atom is -0.497 e. The molecular weight excluding hydrogens is 332 g/mol. The number of nitrogens with one attached hydrogen (secondary N) is 1. The fourth-order valence-electron chi connectivity index (χ4n) is 3.45. The molecule has 2 aromatic heterocycles. The Bertz CT molecular complexity index is 930. The van der Waals surface area contributed by atoms with Crippen LogP contribution in [0.4, 0.5) is 0 Å². The molecule has 1 atom stereocenters. The van der Waals surface area contributed by atoms with E-state index in [1.165, 1.54) is 0 Å². The van der Waals surface area contributed by atoms with Gasteiger partial charge in [-0.15, -0.1) is 0 Å². The Balaban J connectivity index is 1.66. The number of hydrogen-bond acceptors (Lipinski definition) is 5. The summed E-state index contributed by atoms with van der Waals surface area (Å²) in [5.74, 6) is 1.40. The van der Waals surface area contributed by atoms with Crippen LogP contribution < -0.4 is 4.74 Å². The van der Waals surface area contributed by atoms with Gasteiger partial charge in [0.25, 0.3) is 5.91 Å². The SMILES string of the molecule is COc1cccc(-c2[nH]ncc2C(=O)N2CCC[C@@H]2c2cc(C)no2)c1. The number of ether oxygens (including phenoxy) is 1. The maximum atomic E-state index is 13.2. The van der Waals surface area contributed by atoms with Crippen LogP contribution in [-0.2, 0) is 0 Å². The quantitative estimate of drug-likeness (QED) is 0.778. The molecule has 134 valence electrons. The molecule has 1 aromatic carbocycles. The van der Waals surface area contributed by atoms with Gasteiger partial charge in [-0.1, -0.05) is 17.3 Å². The maximum absolute atomic E-state index is 13.2. The Hall–Kier alpha value is -3.09. The Kier molecular flexibility index (Phi) is 4.20. The van der Waals surface area contributed by atoms with Crippen LogP contribution >= 0.6 is 0 Å². The molecule has 1 N–H and O–H groups in total. The lowest BCUT2D eigenvalue weighted by Crippen LogP contribution is -2.30. The van der Waals surface area contributed by atoms with Crippen LogP contribution in [0.5, 0.6) is 5.75 Å². The van der Waals surface area contributed by atoms with E-state index in [1.807, 2.05) is 42.2 Å². The first-order valence-electron chi connectivity index (χ1n) is 8.59. The van der Waals surface area contributed by atoms with Gasteiger partial charge in [0.15, 0.2) is 5.76 Å². The van der Waals surface area contributed by atoms with E-state index < -0.39 is 0 Å². The van der Waals surface area contributed by atoms with Gasteiger partial charge in [0.05, 0.1) is 36.3 Å². The fraction of sp³-hybridized carbons (Fsp3) is 0.316. The summed E-state index contributed by atoms with van der Waals surface area (Å²) in [6, 6.07) is 9.37. The van der Waals surface area contributed by atoms with Crippen molar-refractivity contribution >= 4 is 5.91 Å². The number of amides is 1. The molecule has 1 aliphatic rings. The van der Waals surface area contributed by atoms with E-state index in [9.17, 15) is 4.79 Å². The number of rotatable bonds is 4. The van der Waals surface area contributed by atoms with Crippen LogP contribution in [0, 0.1) is 6.92 Å². The summed E-state index contributed by atoms with van der Waals surface area (Å²) >= 11 is 0. The summed E-state index contributed by atoms with van der Waals surface area (Å²) in [7, 11) is 1.62. The summed E-state index contributed by atoms with van der Waals surface area (Å²) in [5, 5.41) is 11.0. The minimum atomic E-state index is -0.0863. The number of likely N-dealkylation sites (tertiary alicyclic amines) is 1. The van der Waals surface area contributed by atoms with Crippen molar-refractivity contribution in [2.45, 2.75) is 25.8 Å². The second-order valence-electron chi connectivity index (χ2n) is 6.42. The smallest absolute Gasteiger partial charge is 0.258 e. The minimum absolute atomic E-state index is 0.0619. The maximum Gasteiger partial charge on any atom is 0.258 e. The molecule has 0 aliphatic carbocycles. The zero-order chi connectivity index (χ0) is 18.1. The molecule has 7 heteroatoms. The number of H-pyrrole nitrogens is 1. The molecule has 0 saturated carbocycles. The molecule has 1 amide bonds. The Morgan fingerprint density at radius 3 is 3.04 bits per heavy atom. The van der Waals surface area contributed by atoms with Gasteiger partial charge in [-0.05, 0) is 31.9 Å². The number of aromatic amines is 1. The normalized spacial score (nSPS) is 16.8. The van der Waals surface area contributed by atoms with E-state index in [0.29, 0.717) is 17.8 Å². The highest BCUT2D eigenvalue weighted by molar-refractivity contribution is 6.00. The summed E-state index contributed by atoms with van der Waals surface area (Å²) in [4.78, 5) is 15.1. The lowest BCUT2D eigenvalue weighted by Gasteiger charge is -2.22. The molecule has 4 rings (SSSR count). The summed E-state index contributed by atoms with van der Waals surface area (Å²) in [6.45, 7) is 2.57. The van der Waals surface area contributed by atoms with Crippen molar-refractivity contribution in [1.29, 1.82) is 0 Å². The second kappa shape index (κ2) is 6.67. The standard InChI is InChI=1S/C19H20N4O3/c1-12-9-17(26-22-12)16-7-4-8-23(16)19(24)15-11-20-21-18(15)13-5-3-6-14(10-13)25-2/h3,5-6,9-11,16H,4,7-8H2,1-2H3,(H,20,21)/t16-/m1/s1. The van der Waals surface area contributed by atoms with E-state index in [1.54, 1.807) is 13.3 Å². The largest absolute Gasteiger partial charge is 0.497 e. The number of benzene rings is 1. The molecule has 1 saturated heterocycles. The Morgan fingerprint density at radius 2 is 2.27 bits per heavy atom. The van der Waals surface area contributed by atoms with E-state index >= 15 is 0 Å². The topological polar surface area (TPSA) is 84.2 Å². The zero-order valence-electron chi connectivity index (χ0n) is 14.7. The van der Waals surface area contributed by atoms with Crippen LogP contribution in [0.3, 0.4) is 0 Å². The molecule has 1 aliphatic heterocycles. The van der Waals surface area contributed by atoms with Crippen LogP contribution in [0.25, 0.3) is 11.3 Å². The first kappa shape index (κ1) is 16.4. The van der Waals surface area contributed by atoms with Crippen LogP contribution in [-0.4, -0.2) is 39.8 Å². The molecule has 0 bridgehead atoms. The van der Waals surface area contributed by atoms with E-state index in [2.05, 4.69) is 15.4 Å². The number of hydrogen-bond donors (Lipinski definition) is 1. The van der Waals surface area contributed by atoms with Gasteiger partial charge in [-0.25, -0.2) is 0 Å². The van der Waals surface area contributed by atoms with Gasteiger partial charge in [-0.3, -0.25) is 9.89 Å². The van der Waals surface area contributed by atoms with Crippen molar-refractivity contribution in [2.24, 2.45) is 0 Å². The lowest BCUT2D eigenvalue weighted by atomic mass is 10.1. The van der Waals surface area contributed by atoms with Gasteiger partial charge in [0.1, 0.15) is 5.75 Å². The first-order valence-corrected chi connectivity index (χ1v) is 8.59. The second-order valence-corrected chi connectivity index (χ2v) is 6.42. The number of carbonyl (C=O) groups is 1. The van der Waals surface area contributed by atoms with E-state index in [0.717, 1.165) is 35.6 Å². The van der Waals surface area contributed by atoms with Crippen molar-refractivity contribution in [3.05, 3.63) is 53.5 Å². The highest BCUT2D eigenvalue weighted by Crippen LogP contribution is 2.35. The van der Waals surface area contributed by atoms with Crippen LogP contribution in [0.1, 0.15) is 40.7 Å². The van der Waals surface area contributed by atoms with Gasteiger partial charge in [0, 0.05) is 18.2 Å². The number of nitrogens with zero attached hydrogens (tertiary/aromatic N) is 3. The molecular formula is C19H20N4O3. The number of carbonyl (C=O) groups excluding carboxylic acids is 1. The third-order valence-corrected chi connectivity index (χ3v) is 4.72. The number of aromatic nitrogens is 3. The molecule has 7 nitrogen and oxygen atoms in total. The van der Waals surface area contributed by atoms with Crippen molar-refractivity contribution in [3.8, 4) is 17.0 Å². The monoisotopic (exact) mass is 352 g/mol. The van der Waals surface area contributed by atoms with Crippen molar-refractivity contribution in [3.63, 3.8) is 0 Å². The molecule has 26 heavy (non-hydrogen) atoms. The average Bonchev–Trinajstić information content (AvgIpc) is 3.40. The van der Waals surface area contributed by atoms with Crippen molar-refractivity contribution in [1.82, 2.24) is 20.3 Å².